The van der Waals surface area contributed by atoms with Crippen LogP contribution < -0.4 is 14.2 Å². The molecule has 1 N–H and O–H groups in total. The third-order valence-corrected chi connectivity index (χ3v) is 6.93. The van der Waals surface area contributed by atoms with E-state index in [9.17, 15) is 13.2 Å². The van der Waals surface area contributed by atoms with E-state index in [1.165, 1.54) is 19.2 Å². The molecule has 1 aliphatic rings. The second kappa shape index (κ2) is 10.6. The summed E-state index contributed by atoms with van der Waals surface area (Å²) in [4.78, 5) is 14.9. The summed E-state index contributed by atoms with van der Waals surface area (Å²) in [6, 6.07) is 11.9. The van der Waals surface area contributed by atoms with Gasteiger partial charge in [-0.05, 0) is 55.2 Å². The second-order valence-corrected chi connectivity index (χ2v) is 9.33. The van der Waals surface area contributed by atoms with E-state index in [-0.39, 0.29) is 22.9 Å². The average Bonchev–Trinajstić information content (AvgIpc) is 3.08. The number of benzene rings is 2. The molecule has 2 aromatic rings. The first-order chi connectivity index (χ1) is 14.9. The van der Waals surface area contributed by atoms with Crippen molar-refractivity contribution >= 4 is 15.9 Å². The average molecular weight is 447 g/mol. The number of ether oxygens (including phenoxy) is 2. The van der Waals surface area contributed by atoms with E-state index in [0.717, 1.165) is 37.0 Å². The van der Waals surface area contributed by atoms with Gasteiger partial charge in [0, 0.05) is 19.6 Å². The van der Waals surface area contributed by atoms with Gasteiger partial charge in [-0.1, -0.05) is 25.0 Å². The molecule has 0 aliphatic carbocycles. The van der Waals surface area contributed by atoms with Crippen molar-refractivity contribution in [3.8, 4) is 11.5 Å². The quantitative estimate of drug-likeness (QED) is 0.673. The third kappa shape index (κ3) is 5.98. The zero-order valence-electron chi connectivity index (χ0n) is 18.1. The Morgan fingerprint density at radius 2 is 1.65 bits per heavy atom. The van der Waals surface area contributed by atoms with Gasteiger partial charge in [-0.25, -0.2) is 13.1 Å². The van der Waals surface area contributed by atoms with E-state index < -0.39 is 10.0 Å². The van der Waals surface area contributed by atoms with Crippen LogP contribution in [0.1, 0.15) is 41.6 Å². The molecule has 7 nitrogen and oxygen atoms in total. The Balaban J connectivity index is 1.72. The molecule has 0 radical (unpaired) electrons. The summed E-state index contributed by atoms with van der Waals surface area (Å²) in [7, 11) is -0.680. The summed E-state index contributed by atoms with van der Waals surface area (Å²) in [5, 5.41) is 0. The molecule has 1 heterocycles. The molecule has 0 unspecified atom stereocenters. The van der Waals surface area contributed by atoms with E-state index in [1.807, 2.05) is 24.3 Å². The number of hydrogen-bond acceptors (Lipinski definition) is 5. The fourth-order valence-electron chi connectivity index (χ4n) is 3.67. The van der Waals surface area contributed by atoms with Gasteiger partial charge < -0.3 is 14.4 Å². The molecular weight excluding hydrogens is 416 g/mol. The lowest BCUT2D eigenvalue weighted by Gasteiger charge is -2.22. The Bertz CT molecular complexity index is 982. The van der Waals surface area contributed by atoms with Crippen molar-refractivity contribution in [1.82, 2.24) is 9.62 Å². The molecule has 1 saturated heterocycles. The number of nitrogens with zero attached hydrogens (tertiary/aromatic N) is 1. The fraction of sp³-hybridized carbons (Fsp3) is 0.435. The molecule has 0 saturated carbocycles. The predicted molar refractivity (Wildman–Crippen MR) is 119 cm³/mol. The minimum Gasteiger partial charge on any atom is -0.497 e. The molecule has 0 spiro atoms. The number of likely N-dealkylation sites (tertiary alicyclic amines) is 1. The zero-order valence-corrected chi connectivity index (χ0v) is 18.9. The summed E-state index contributed by atoms with van der Waals surface area (Å²) in [6.07, 6.45) is 4.66. The lowest BCUT2D eigenvalue weighted by Crippen LogP contribution is -2.32. The first-order valence-corrected chi connectivity index (χ1v) is 12.0. The molecule has 1 amide bonds. The Morgan fingerprint density at radius 3 is 2.26 bits per heavy atom. The van der Waals surface area contributed by atoms with Crippen molar-refractivity contribution < 1.29 is 22.7 Å². The number of nitrogens with one attached hydrogen (secondary N) is 1. The maximum absolute atomic E-state index is 13.1. The summed E-state index contributed by atoms with van der Waals surface area (Å²) < 4.78 is 38.8. The number of methoxy groups -OCH3 is 2. The molecule has 3 rings (SSSR count). The van der Waals surface area contributed by atoms with Gasteiger partial charge in [-0.2, -0.15) is 0 Å². The van der Waals surface area contributed by atoms with Gasteiger partial charge in [0.15, 0.2) is 0 Å². The summed E-state index contributed by atoms with van der Waals surface area (Å²) >= 11 is 0. The van der Waals surface area contributed by atoms with Crippen molar-refractivity contribution in [3.63, 3.8) is 0 Å². The van der Waals surface area contributed by atoms with Crippen molar-refractivity contribution in [2.24, 2.45) is 0 Å². The van der Waals surface area contributed by atoms with Gasteiger partial charge in [-0.3, -0.25) is 4.79 Å². The number of sulfonamides is 1. The number of hydrogen-bond donors (Lipinski definition) is 1. The monoisotopic (exact) mass is 446 g/mol. The Hall–Kier alpha value is -2.58. The largest absolute Gasteiger partial charge is 0.497 e. The van der Waals surface area contributed by atoms with Crippen LogP contribution in [0.15, 0.2) is 47.4 Å². The van der Waals surface area contributed by atoms with Crippen LogP contribution in [0.2, 0.25) is 0 Å². The lowest BCUT2D eigenvalue weighted by molar-refractivity contribution is 0.0758. The van der Waals surface area contributed by atoms with Crippen molar-refractivity contribution in [1.29, 1.82) is 0 Å². The highest BCUT2D eigenvalue weighted by molar-refractivity contribution is 7.89. The Morgan fingerprint density at radius 1 is 0.968 bits per heavy atom. The first kappa shape index (κ1) is 23.1. The Labute approximate surface area is 184 Å². The van der Waals surface area contributed by atoms with Crippen LogP contribution in [-0.2, 0) is 16.4 Å². The predicted octanol–water partition coefficient (Wildman–Crippen LogP) is 3.24. The van der Waals surface area contributed by atoms with Crippen LogP contribution in [0, 0.1) is 0 Å². The van der Waals surface area contributed by atoms with Crippen molar-refractivity contribution in [2.75, 3.05) is 33.9 Å². The maximum atomic E-state index is 13.1. The van der Waals surface area contributed by atoms with Gasteiger partial charge in [-0.15, -0.1) is 0 Å². The SMILES string of the molecule is COc1ccc(CCNS(=O)(=O)c2ccc(OC)c(C(=O)N3CCCCCC3)c2)cc1. The molecule has 168 valence electrons. The molecule has 1 aliphatic heterocycles. The number of rotatable bonds is 8. The minimum atomic E-state index is -3.76. The van der Waals surface area contributed by atoms with Gasteiger partial charge >= 0.3 is 0 Å². The molecule has 1 fully saturated rings. The molecule has 2 aromatic carbocycles. The smallest absolute Gasteiger partial charge is 0.257 e. The molecule has 0 atom stereocenters. The maximum Gasteiger partial charge on any atom is 0.257 e. The topological polar surface area (TPSA) is 84.9 Å². The van der Waals surface area contributed by atoms with E-state index in [4.69, 9.17) is 9.47 Å². The summed E-state index contributed by atoms with van der Waals surface area (Å²) in [6.45, 7) is 1.61. The first-order valence-electron chi connectivity index (χ1n) is 10.5. The number of carbonyl (C=O) groups is 1. The van der Waals surface area contributed by atoms with E-state index in [2.05, 4.69) is 4.72 Å². The third-order valence-electron chi connectivity index (χ3n) is 5.47. The van der Waals surface area contributed by atoms with Crippen LogP contribution in [0.5, 0.6) is 11.5 Å². The highest BCUT2D eigenvalue weighted by atomic mass is 32.2. The van der Waals surface area contributed by atoms with Gasteiger partial charge in [0.1, 0.15) is 11.5 Å². The van der Waals surface area contributed by atoms with Gasteiger partial charge in [0.2, 0.25) is 10.0 Å². The zero-order chi connectivity index (χ0) is 22.3. The van der Waals surface area contributed by atoms with Crippen LogP contribution in [0.3, 0.4) is 0 Å². The van der Waals surface area contributed by atoms with Gasteiger partial charge in [0.05, 0.1) is 24.7 Å². The van der Waals surface area contributed by atoms with E-state index >= 15 is 0 Å². The van der Waals surface area contributed by atoms with Crippen LogP contribution in [-0.4, -0.2) is 53.1 Å². The van der Waals surface area contributed by atoms with Crippen molar-refractivity contribution in [2.45, 2.75) is 37.0 Å². The minimum absolute atomic E-state index is 0.0567. The van der Waals surface area contributed by atoms with Crippen LogP contribution in [0.4, 0.5) is 0 Å². The molecular formula is C23H30N2O5S. The second-order valence-electron chi connectivity index (χ2n) is 7.56. The summed E-state index contributed by atoms with van der Waals surface area (Å²) in [5.41, 5.74) is 1.28. The molecule has 8 heteroatoms. The lowest BCUT2D eigenvalue weighted by atomic mass is 10.1. The van der Waals surface area contributed by atoms with E-state index in [0.29, 0.717) is 25.3 Å². The molecule has 0 aromatic heterocycles. The highest BCUT2D eigenvalue weighted by Crippen LogP contribution is 2.25. The summed E-state index contributed by atoms with van der Waals surface area (Å²) in [5.74, 6) is 0.949. The van der Waals surface area contributed by atoms with Gasteiger partial charge in [0.25, 0.3) is 5.91 Å². The molecule has 31 heavy (non-hydrogen) atoms. The van der Waals surface area contributed by atoms with Crippen LogP contribution in [0.25, 0.3) is 0 Å². The number of amides is 1. The Kier molecular flexibility index (Phi) is 7.92. The van der Waals surface area contributed by atoms with Crippen LogP contribution >= 0.6 is 0 Å². The normalized spacial score (nSPS) is 14.7. The number of carbonyl (C=O) groups excluding carboxylic acids is 1. The van der Waals surface area contributed by atoms with Crippen molar-refractivity contribution in [3.05, 3.63) is 53.6 Å². The molecule has 0 bridgehead atoms. The highest BCUT2D eigenvalue weighted by Gasteiger charge is 2.24. The fourth-order valence-corrected chi connectivity index (χ4v) is 4.73. The van der Waals surface area contributed by atoms with E-state index in [1.54, 1.807) is 18.1 Å². The standard InChI is InChI=1S/C23H30N2O5S/c1-29-19-9-7-18(8-10-19)13-14-24-31(27,28)20-11-12-22(30-2)21(17-20)23(26)25-15-5-3-4-6-16-25/h7-12,17,24H,3-6,13-16H2,1-2H3.